The van der Waals surface area contributed by atoms with Crippen molar-refractivity contribution in [2.75, 3.05) is 0 Å². The van der Waals surface area contributed by atoms with Gasteiger partial charge in [0.25, 0.3) is 0 Å². The lowest BCUT2D eigenvalue weighted by Crippen LogP contribution is -2.41. The Hall–Kier alpha value is -0.770. The number of carbonyl (C=O) groups is 2. The van der Waals surface area contributed by atoms with Crippen LogP contribution in [-0.4, -0.2) is 22.5 Å². The largest absolute Gasteiger partial charge is 0.481 e. The number of carboxylic acids is 1. The average molecular weight is 178 g/mol. The summed E-state index contributed by atoms with van der Waals surface area (Å²) in [6, 6.07) is 0. The Balaban J connectivity index is 2.56. The van der Waals surface area contributed by atoms with E-state index < -0.39 is 17.4 Å². The number of aliphatic carboxylic acids is 1. The highest BCUT2D eigenvalue weighted by Gasteiger charge is 2.29. The van der Waals surface area contributed by atoms with Crippen molar-refractivity contribution < 1.29 is 14.7 Å². The van der Waals surface area contributed by atoms with Crippen molar-refractivity contribution in [2.45, 2.75) is 18.3 Å². The Morgan fingerprint density at radius 1 is 1.73 bits per heavy atom. The maximum absolute atomic E-state index is 10.7. The summed E-state index contributed by atoms with van der Waals surface area (Å²) in [4.78, 5) is 21.1. The predicted octanol–water partition coefficient (Wildman–Crippen LogP) is 0.162. The van der Waals surface area contributed by atoms with Crippen molar-refractivity contribution in [3.8, 4) is 0 Å². The van der Waals surface area contributed by atoms with Gasteiger partial charge in [0.15, 0.2) is 0 Å². The highest BCUT2D eigenvalue weighted by Crippen LogP contribution is 2.18. The summed E-state index contributed by atoms with van der Waals surface area (Å²) in [5.74, 6) is -1.86. The van der Waals surface area contributed by atoms with Crippen LogP contribution in [0.2, 0.25) is 0 Å². The molecule has 0 aromatic rings. The number of carbonyl (C=O) groups excluding carboxylic acids is 1. The summed E-state index contributed by atoms with van der Waals surface area (Å²) in [7, 11) is 0. The lowest BCUT2D eigenvalue weighted by Gasteiger charge is -2.22. The maximum Gasteiger partial charge on any atom is 0.307 e. The lowest BCUT2D eigenvalue weighted by atomic mass is 9.98. The molecule has 0 radical (unpaired) electrons. The quantitative estimate of drug-likeness (QED) is 0.443. The molecule has 11 heavy (non-hydrogen) atoms. The molecule has 1 fully saturated rings. The molecule has 1 aliphatic rings. The first-order chi connectivity index (χ1) is 5.09. The molecular formula is C6H8ClNO3. The second kappa shape index (κ2) is 3.09. The molecule has 0 aromatic heterocycles. The number of alkyl halides is 1. The van der Waals surface area contributed by atoms with E-state index in [1.54, 1.807) is 0 Å². The van der Waals surface area contributed by atoms with Gasteiger partial charge in [-0.2, -0.15) is 0 Å². The van der Waals surface area contributed by atoms with Crippen molar-refractivity contribution in [1.82, 2.24) is 5.32 Å². The third-order valence-corrected chi connectivity index (χ3v) is 1.88. The molecule has 1 aliphatic heterocycles. The molecule has 0 saturated carbocycles. The first-order valence-corrected chi connectivity index (χ1v) is 3.69. The van der Waals surface area contributed by atoms with Gasteiger partial charge < -0.3 is 10.4 Å². The van der Waals surface area contributed by atoms with Crippen LogP contribution in [0.25, 0.3) is 0 Å². The number of hydrogen-bond donors (Lipinski definition) is 2. The van der Waals surface area contributed by atoms with Gasteiger partial charge >= 0.3 is 5.97 Å². The van der Waals surface area contributed by atoms with Gasteiger partial charge in [0.05, 0.1) is 5.92 Å². The molecule has 1 rings (SSSR count). The summed E-state index contributed by atoms with van der Waals surface area (Å²) in [5.41, 5.74) is -0.530. The molecule has 1 saturated heterocycles. The first-order valence-electron chi connectivity index (χ1n) is 3.26. The van der Waals surface area contributed by atoms with E-state index in [1.165, 1.54) is 0 Å². The number of carboxylic acid groups (broad SMARTS) is 1. The van der Waals surface area contributed by atoms with Gasteiger partial charge in [-0.25, -0.2) is 0 Å². The number of amides is 1. The normalized spacial score (nSPS) is 31.2. The lowest BCUT2D eigenvalue weighted by molar-refractivity contribution is -0.145. The molecule has 2 N–H and O–H groups in total. The molecule has 62 valence electrons. The van der Waals surface area contributed by atoms with Gasteiger partial charge in [0.2, 0.25) is 5.91 Å². The van der Waals surface area contributed by atoms with Crippen LogP contribution < -0.4 is 5.32 Å². The zero-order chi connectivity index (χ0) is 8.43. The van der Waals surface area contributed by atoms with Crippen LogP contribution in [0.4, 0.5) is 0 Å². The summed E-state index contributed by atoms with van der Waals surface area (Å²) >= 11 is 5.56. The number of nitrogens with one attached hydrogen (secondary N) is 1. The highest BCUT2D eigenvalue weighted by atomic mass is 35.5. The number of rotatable bonds is 1. The van der Waals surface area contributed by atoms with Crippen molar-refractivity contribution >= 4 is 23.5 Å². The van der Waals surface area contributed by atoms with Crippen molar-refractivity contribution in [3.63, 3.8) is 0 Å². The number of halogens is 1. The van der Waals surface area contributed by atoms with Gasteiger partial charge in [-0.05, 0) is 6.42 Å². The van der Waals surface area contributed by atoms with Gasteiger partial charge in [-0.3, -0.25) is 9.59 Å². The van der Waals surface area contributed by atoms with Crippen LogP contribution in [0, 0.1) is 5.92 Å². The van der Waals surface area contributed by atoms with Crippen molar-refractivity contribution in [1.29, 1.82) is 0 Å². The van der Waals surface area contributed by atoms with Gasteiger partial charge in [-0.1, -0.05) is 11.6 Å². The summed E-state index contributed by atoms with van der Waals surface area (Å²) < 4.78 is 0. The van der Waals surface area contributed by atoms with E-state index in [2.05, 4.69) is 5.32 Å². The third kappa shape index (κ3) is 2.08. The van der Waals surface area contributed by atoms with E-state index in [1.807, 2.05) is 0 Å². The topological polar surface area (TPSA) is 66.4 Å². The standard InChI is InChI=1S/C6H8ClNO3/c7-4-1-3(6(10)11)2-5(9)8-4/h3-4H,1-2H2,(H,8,9)(H,10,11). The van der Waals surface area contributed by atoms with Gasteiger partial charge in [-0.15, -0.1) is 0 Å². The first kappa shape index (κ1) is 8.33. The molecule has 0 aliphatic carbocycles. The van der Waals surface area contributed by atoms with Gasteiger partial charge in [0, 0.05) is 6.42 Å². The molecule has 0 bridgehead atoms. The summed E-state index contributed by atoms with van der Waals surface area (Å²) in [6.45, 7) is 0. The maximum atomic E-state index is 10.7. The van der Waals surface area contributed by atoms with Crippen LogP contribution in [0.15, 0.2) is 0 Å². The second-order valence-electron chi connectivity index (χ2n) is 2.51. The highest BCUT2D eigenvalue weighted by molar-refractivity contribution is 6.21. The van der Waals surface area contributed by atoms with E-state index in [4.69, 9.17) is 16.7 Å². The number of piperidine rings is 1. The second-order valence-corrected chi connectivity index (χ2v) is 3.04. The molecule has 4 nitrogen and oxygen atoms in total. The fourth-order valence-corrected chi connectivity index (χ4v) is 1.37. The van der Waals surface area contributed by atoms with Crippen LogP contribution in [0.5, 0.6) is 0 Å². The van der Waals surface area contributed by atoms with E-state index in [-0.39, 0.29) is 12.3 Å². The smallest absolute Gasteiger partial charge is 0.307 e. The molecule has 2 atom stereocenters. The molecular weight excluding hydrogens is 170 g/mol. The minimum absolute atomic E-state index is 0.0402. The van der Waals surface area contributed by atoms with E-state index in [0.29, 0.717) is 6.42 Å². The molecule has 0 aromatic carbocycles. The van der Waals surface area contributed by atoms with Crippen LogP contribution in [-0.2, 0) is 9.59 Å². The molecule has 1 amide bonds. The Labute approximate surface area is 68.5 Å². The minimum Gasteiger partial charge on any atom is -0.481 e. The SMILES string of the molecule is O=C1CC(C(=O)O)CC(Cl)N1. The monoisotopic (exact) mass is 177 g/mol. The van der Waals surface area contributed by atoms with Crippen molar-refractivity contribution in [3.05, 3.63) is 0 Å². The molecule has 2 unspecified atom stereocenters. The number of hydrogen-bond acceptors (Lipinski definition) is 2. The van der Waals surface area contributed by atoms with E-state index in [9.17, 15) is 9.59 Å². The van der Waals surface area contributed by atoms with Crippen LogP contribution in [0.1, 0.15) is 12.8 Å². The predicted molar refractivity (Wildman–Crippen MR) is 38.1 cm³/mol. The van der Waals surface area contributed by atoms with Crippen LogP contribution >= 0.6 is 11.6 Å². The summed E-state index contributed by atoms with van der Waals surface area (Å²) in [6.07, 6.45) is 0.348. The van der Waals surface area contributed by atoms with E-state index >= 15 is 0 Å². The third-order valence-electron chi connectivity index (χ3n) is 1.59. The average Bonchev–Trinajstić information content (AvgIpc) is 1.85. The Bertz CT molecular complexity index is 194. The summed E-state index contributed by atoms with van der Waals surface area (Å²) in [5, 5.41) is 11.0. The van der Waals surface area contributed by atoms with Crippen LogP contribution in [0.3, 0.4) is 0 Å². The Morgan fingerprint density at radius 3 is 2.82 bits per heavy atom. The van der Waals surface area contributed by atoms with Gasteiger partial charge in [0.1, 0.15) is 5.50 Å². The minimum atomic E-state index is -0.953. The van der Waals surface area contributed by atoms with Crippen molar-refractivity contribution in [2.24, 2.45) is 5.92 Å². The Morgan fingerprint density at radius 2 is 2.36 bits per heavy atom. The zero-order valence-electron chi connectivity index (χ0n) is 5.71. The fraction of sp³-hybridized carbons (Fsp3) is 0.667. The molecule has 1 heterocycles. The fourth-order valence-electron chi connectivity index (χ4n) is 1.04. The molecule has 5 heteroatoms. The van der Waals surface area contributed by atoms with E-state index in [0.717, 1.165) is 0 Å². The molecule has 0 spiro atoms. The zero-order valence-corrected chi connectivity index (χ0v) is 6.47. The Kier molecular flexibility index (Phi) is 2.34.